The van der Waals surface area contributed by atoms with E-state index in [1.165, 1.54) is 6.92 Å². The van der Waals surface area contributed by atoms with Gasteiger partial charge in [-0.15, -0.1) is 0 Å². The lowest BCUT2D eigenvalue weighted by atomic mass is 9.93. The second kappa shape index (κ2) is 9.55. The zero-order valence-corrected chi connectivity index (χ0v) is 18.4. The molecule has 1 aromatic heterocycles. The number of halogens is 1. The molecule has 0 atom stereocenters. The molecule has 3 aromatic rings. The van der Waals surface area contributed by atoms with Crippen LogP contribution in [0.25, 0.3) is 16.5 Å². The monoisotopic (exact) mass is 462 g/mol. The zero-order chi connectivity index (χ0) is 21.7. The van der Waals surface area contributed by atoms with E-state index in [9.17, 15) is 9.59 Å². The van der Waals surface area contributed by atoms with Crippen molar-refractivity contribution in [1.82, 2.24) is 4.57 Å². The van der Waals surface area contributed by atoms with Crippen LogP contribution in [-0.2, 0) is 6.54 Å². The summed E-state index contributed by atoms with van der Waals surface area (Å²) in [6, 6.07) is 14.6. The van der Waals surface area contributed by atoms with Crippen molar-refractivity contribution in [3.63, 3.8) is 0 Å². The Morgan fingerprint density at radius 3 is 2.47 bits per heavy atom. The first-order chi connectivity index (χ1) is 14.4. The van der Waals surface area contributed by atoms with E-state index < -0.39 is 0 Å². The Morgan fingerprint density at radius 1 is 1.10 bits per heavy atom. The first-order valence-electron chi connectivity index (χ1n) is 9.53. The second-order valence-corrected chi connectivity index (χ2v) is 7.57. The van der Waals surface area contributed by atoms with Crippen molar-refractivity contribution in [3.05, 3.63) is 112 Å². The number of carbonyl (C=O) groups is 1. The van der Waals surface area contributed by atoms with E-state index in [1.807, 2.05) is 53.1 Å². The topological polar surface area (TPSA) is 65.1 Å². The molecule has 2 aromatic carbocycles. The lowest BCUT2D eigenvalue weighted by Gasteiger charge is -2.16. The van der Waals surface area contributed by atoms with Gasteiger partial charge in [-0.2, -0.15) is 0 Å². The number of para-hydroxylation sites is 1. The highest BCUT2D eigenvalue weighted by molar-refractivity contribution is 9.09. The summed E-state index contributed by atoms with van der Waals surface area (Å²) < 4.78 is 1.95. The van der Waals surface area contributed by atoms with E-state index in [1.54, 1.807) is 24.4 Å². The maximum atomic E-state index is 13.3. The third-order valence-corrected chi connectivity index (χ3v) is 5.21. The van der Waals surface area contributed by atoms with Crippen molar-refractivity contribution in [1.29, 1.82) is 0 Å². The van der Waals surface area contributed by atoms with Gasteiger partial charge in [0.1, 0.15) is 0 Å². The predicted octanol–water partition coefficient (Wildman–Crippen LogP) is 5.06. The fourth-order valence-corrected chi connectivity index (χ4v) is 3.60. The van der Waals surface area contributed by atoms with E-state index >= 15 is 0 Å². The van der Waals surface area contributed by atoms with Crippen molar-refractivity contribution < 1.29 is 4.79 Å². The van der Waals surface area contributed by atoms with Crippen LogP contribution in [0.2, 0.25) is 0 Å². The van der Waals surface area contributed by atoms with Crippen LogP contribution in [0, 0.1) is 0 Å². The van der Waals surface area contributed by atoms with Gasteiger partial charge in [-0.1, -0.05) is 71.1 Å². The average Bonchev–Trinajstić information content (AvgIpc) is 2.75. The molecule has 5 heteroatoms. The normalized spacial score (nSPS) is 11.9. The van der Waals surface area contributed by atoms with E-state index in [0.717, 1.165) is 10.8 Å². The summed E-state index contributed by atoms with van der Waals surface area (Å²) in [6.07, 6.45) is 7.45. The smallest absolute Gasteiger partial charge is 0.197 e. The van der Waals surface area contributed by atoms with Crippen molar-refractivity contribution in [3.8, 4) is 0 Å². The van der Waals surface area contributed by atoms with Gasteiger partial charge >= 0.3 is 0 Å². The number of Topliss-reactive ketones (excluding diaryl/α,β-unsaturated/α-hetero) is 1. The minimum absolute atomic E-state index is 0.0707. The van der Waals surface area contributed by atoms with Gasteiger partial charge in [0.25, 0.3) is 0 Å². The maximum Gasteiger partial charge on any atom is 0.197 e. The molecule has 0 radical (unpaired) electrons. The fraction of sp³-hybridized carbons (Fsp3) is 0.120. The number of aromatic nitrogens is 1. The Bertz CT molecular complexity index is 1240. The van der Waals surface area contributed by atoms with Crippen LogP contribution in [0.1, 0.15) is 28.4 Å². The van der Waals surface area contributed by atoms with Gasteiger partial charge in [0, 0.05) is 33.7 Å². The number of ketones is 1. The van der Waals surface area contributed by atoms with Gasteiger partial charge in [0.05, 0.1) is 12.1 Å². The Hall–Kier alpha value is -3.18. The number of carbonyl (C=O) groups excluding carboxylic acids is 1. The van der Waals surface area contributed by atoms with E-state index in [0.29, 0.717) is 39.9 Å². The predicted molar refractivity (Wildman–Crippen MR) is 128 cm³/mol. The van der Waals surface area contributed by atoms with Crippen LogP contribution in [-0.4, -0.2) is 15.7 Å². The van der Waals surface area contributed by atoms with Crippen molar-refractivity contribution >= 4 is 38.2 Å². The number of pyridine rings is 1. The largest absolute Gasteiger partial charge is 0.401 e. The minimum Gasteiger partial charge on any atom is -0.401 e. The third kappa shape index (κ3) is 4.52. The third-order valence-electron chi connectivity index (χ3n) is 4.83. The van der Waals surface area contributed by atoms with Gasteiger partial charge in [0.2, 0.25) is 0 Å². The number of benzene rings is 2. The molecule has 152 valence electrons. The summed E-state index contributed by atoms with van der Waals surface area (Å²) in [4.78, 5) is 25.3. The molecule has 3 rings (SSSR count). The number of rotatable bonds is 7. The van der Waals surface area contributed by atoms with Crippen molar-refractivity contribution in [2.75, 3.05) is 5.33 Å². The minimum atomic E-state index is -0.119. The molecule has 1 heterocycles. The first-order valence-corrected chi connectivity index (χ1v) is 10.6. The highest BCUT2D eigenvalue weighted by Gasteiger charge is 2.16. The van der Waals surface area contributed by atoms with Gasteiger partial charge in [-0.05, 0) is 36.3 Å². The molecule has 0 aliphatic heterocycles. The highest BCUT2D eigenvalue weighted by atomic mass is 79.9. The molecule has 0 fully saturated rings. The molecule has 30 heavy (non-hydrogen) atoms. The zero-order valence-electron chi connectivity index (χ0n) is 16.8. The molecule has 0 unspecified atom stereocenters. The number of allylic oxidation sites excluding steroid dienone is 4. The molecule has 0 saturated carbocycles. The summed E-state index contributed by atoms with van der Waals surface area (Å²) in [7, 11) is 0. The van der Waals surface area contributed by atoms with Gasteiger partial charge in [-0.3, -0.25) is 9.59 Å². The highest BCUT2D eigenvalue weighted by Crippen LogP contribution is 2.25. The van der Waals surface area contributed by atoms with Crippen LogP contribution in [0.3, 0.4) is 0 Å². The summed E-state index contributed by atoms with van der Waals surface area (Å²) in [5.41, 5.74) is 9.71. The van der Waals surface area contributed by atoms with Crippen LogP contribution in [0.4, 0.5) is 0 Å². The molecule has 0 amide bonds. The fourth-order valence-electron chi connectivity index (χ4n) is 3.38. The molecule has 0 spiro atoms. The first kappa shape index (κ1) is 21.5. The Balaban J connectivity index is 2.17. The lowest BCUT2D eigenvalue weighted by molar-refractivity contribution is 0.101. The Morgan fingerprint density at radius 2 is 1.77 bits per heavy atom. The molecule has 4 nitrogen and oxygen atoms in total. The summed E-state index contributed by atoms with van der Waals surface area (Å²) >= 11 is 3.34. The summed E-state index contributed by atoms with van der Waals surface area (Å²) in [5, 5.41) is 1.33. The van der Waals surface area contributed by atoms with E-state index in [4.69, 9.17) is 5.73 Å². The van der Waals surface area contributed by atoms with Crippen molar-refractivity contribution in [2.24, 2.45) is 5.73 Å². The molecular formula is C25H23BrN2O2. The number of nitrogens with two attached hydrogens (primary N) is 1. The molecular weight excluding hydrogens is 440 g/mol. The number of nitrogens with zero attached hydrogens (tertiary/aromatic N) is 1. The molecule has 0 aliphatic carbocycles. The van der Waals surface area contributed by atoms with Gasteiger partial charge in [0.15, 0.2) is 11.2 Å². The summed E-state index contributed by atoms with van der Waals surface area (Å²) in [6.45, 7) is 6.09. The molecule has 0 saturated heterocycles. The Labute approximate surface area is 184 Å². The second-order valence-electron chi connectivity index (χ2n) is 6.92. The van der Waals surface area contributed by atoms with Gasteiger partial charge < -0.3 is 10.3 Å². The van der Waals surface area contributed by atoms with E-state index in [-0.39, 0.29) is 11.2 Å². The van der Waals surface area contributed by atoms with Gasteiger partial charge in [-0.25, -0.2) is 0 Å². The van der Waals surface area contributed by atoms with Crippen molar-refractivity contribution in [2.45, 2.75) is 13.5 Å². The quantitative estimate of drug-likeness (QED) is 0.303. The number of fused-ring (bicyclic) bond motifs is 1. The van der Waals surface area contributed by atoms with Crippen LogP contribution in [0.15, 0.2) is 90.0 Å². The molecule has 0 aliphatic rings. The standard InChI is InChI=1S/C25H23BrN2O2/c1-17(20-10-3-4-11-21(20)18(2)29)23-16-28(15-19(27)9-7-8-14-26)24-13-6-5-12-22(24)25(23)30/h3-13,16H,1,14-15,27H2,2H3/b8-7-,19-9-. The van der Waals surface area contributed by atoms with Crippen LogP contribution >= 0.6 is 15.9 Å². The lowest BCUT2D eigenvalue weighted by Crippen LogP contribution is -2.17. The number of alkyl halides is 1. The number of hydrogen-bond donors (Lipinski definition) is 1. The maximum absolute atomic E-state index is 13.3. The van der Waals surface area contributed by atoms with E-state index in [2.05, 4.69) is 22.5 Å². The molecule has 0 bridgehead atoms. The number of hydrogen-bond acceptors (Lipinski definition) is 3. The SMILES string of the molecule is C=C(c1ccccc1C(C)=O)c1cn(C/C(N)=C/C=C\CBr)c2ccccc2c1=O. The van der Waals surface area contributed by atoms with Crippen LogP contribution in [0.5, 0.6) is 0 Å². The molecule has 2 N–H and O–H groups in total. The average molecular weight is 463 g/mol. The Kier molecular flexibility index (Phi) is 6.85. The van der Waals surface area contributed by atoms with Crippen LogP contribution < -0.4 is 11.2 Å². The summed E-state index contributed by atoms with van der Waals surface area (Å²) in [5.74, 6) is -0.0707.